The summed E-state index contributed by atoms with van der Waals surface area (Å²) in [6.07, 6.45) is 33.8. The first-order valence-corrected chi connectivity index (χ1v) is 16.0. The second-order valence-corrected chi connectivity index (χ2v) is 10.1. The monoisotopic (exact) mass is 642 g/mol. The van der Waals surface area contributed by atoms with Gasteiger partial charge in [-0.05, 0) is 64.2 Å². The summed E-state index contributed by atoms with van der Waals surface area (Å²) in [6, 6.07) is -0.965. The maximum Gasteiger partial charge on any atom is 0.330 e. The van der Waals surface area contributed by atoms with Crippen LogP contribution in [0.1, 0.15) is 77.6 Å². The summed E-state index contributed by atoms with van der Waals surface area (Å²) >= 11 is 0. The van der Waals surface area contributed by atoms with Crippen LogP contribution in [0, 0.1) is 0 Å². The van der Waals surface area contributed by atoms with Crippen molar-refractivity contribution in [3.63, 3.8) is 0 Å². The van der Waals surface area contributed by atoms with Gasteiger partial charge in [-0.2, -0.15) is 0 Å². The molecular weight excluding hydrogens is 588 g/mol. The van der Waals surface area contributed by atoms with E-state index in [4.69, 9.17) is 4.74 Å². The predicted molar refractivity (Wildman–Crippen MR) is 181 cm³/mol. The molecule has 0 unspecified atom stereocenters. The van der Waals surface area contributed by atoms with Gasteiger partial charge in [0.1, 0.15) is 12.1 Å². The van der Waals surface area contributed by atoms with Crippen molar-refractivity contribution in [2.45, 2.75) is 89.7 Å². The molecule has 0 saturated carbocycles. The van der Waals surface area contributed by atoms with Crippen molar-refractivity contribution in [2.75, 3.05) is 26.9 Å². The normalized spacial score (nSPS) is 13.0. The number of allylic oxidation sites excluding steroid dienone is 12. The summed E-state index contributed by atoms with van der Waals surface area (Å²) in [7, 11) is 1.21. The lowest BCUT2D eigenvalue weighted by molar-refractivity contribution is -0.157. The SMILES string of the molecule is CC/C=C\C/C=C\C/C=C\C/C=C\C/C=C\C/C=C\CCC(=O)N[C@@H](CCCCNC(=O)/C=C/C(=O)OC)C(=O)OC(CO)CO. The number of hydrogen-bond donors (Lipinski definition) is 4. The Hall–Kier alpha value is -4.02. The number of esters is 2. The molecule has 2 amide bonds. The van der Waals surface area contributed by atoms with Gasteiger partial charge in [0.15, 0.2) is 0 Å². The van der Waals surface area contributed by atoms with Crippen molar-refractivity contribution < 1.29 is 38.9 Å². The van der Waals surface area contributed by atoms with Crippen LogP contribution in [0.4, 0.5) is 0 Å². The van der Waals surface area contributed by atoms with Gasteiger partial charge in [0.2, 0.25) is 11.8 Å². The maximum atomic E-state index is 12.6. The van der Waals surface area contributed by atoms with Crippen LogP contribution in [0.15, 0.2) is 85.1 Å². The number of nitrogens with one attached hydrogen (secondary N) is 2. The number of aliphatic hydroxyl groups excluding tert-OH is 2. The summed E-state index contributed by atoms with van der Waals surface area (Å²) < 4.78 is 9.53. The van der Waals surface area contributed by atoms with E-state index < -0.39 is 43.2 Å². The molecular formula is C36H54N2O8. The van der Waals surface area contributed by atoms with Gasteiger partial charge in [-0.1, -0.05) is 79.8 Å². The molecule has 0 fully saturated rings. The van der Waals surface area contributed by atoms with E-state index in [-0.39, 0.29) is 18.7 Å². The molecule has 0 aromatic rings. The molecule has 10 heteroatoms. The van der Waals surface area contributed by atoms with Crippen LogP contribution >= 0.6 is 0 Å². The smallest absolute Gasteiger partial charge is 0.330 e. The maximum absolute atomic E-state index is 12.6. The Morgan fingerprint density at radius 2 is 1.24 bits per heavy atom. The Morgan fingerprint density at radius 1 is 0.717 bits per heavy atom. The average Bonchev–Trinajstić information content (AvgIpc) is 3.06. The number of amides is 2. The van der Waals surface area contributed by atoms with Crippen LogP contribution in [-0.4, -0.2) is 73.0 Å². The lowest BCUT2D eigenvalue weighted by atomic mass is 10.1. The van der Waals surface area contributed by atoms with Crippen LogP contribution in [0.3, 0.4) is 0 Å². The van der Waals surface area contributed by atoms with Gasteiger partial charge in [0, 0.05) is 25.1 Å². The van der Waals surface area contributed by atoms with Crippen molar-refractivity contribution in [3.05, 3.63) is 85.1 Å². The van der Waals surface area contributed by atoms with E-state index in [1.54, 1.807) is 0 Å². The molecule has 0 heterocycles. The fourth-order valence-corrected chi connectivity index (χ4v) is 3.70. The third-order valence-corrected chi connectivity index (χ3v) is 6.24. The molecule has 0 aliphatic rings. The van der Waals surface area contributed by atoms with E-state index >= 15 is 0 Å². The first kappa shape index (κ1) is 42.0. The third-order valence-electron chi connectivity index (χ3n) is 6.24. The van der Waals surface area contributed by atoms with Crippen LogP contribution in [-0.2, 0) is 28.7 Å². The van der Waals surface area contributed by atoms with E-state index in [0.717, 1.165) is 50.7 Å². The first-order chi connectivity index (χ1) is 22.4. The number of unbranched alkanes of at least 4 members (excludes halogenated alkanes) is 1. The molecule has 46 heavy (non-hydrogen) atoms. The molecule has 256 valence electrons. The van der Waals surface area contributed by atoms with E-state index in [0.29, 0.717) is 25.8 Å². The molecule has 0 spiro atoms. The van der Waals surface area contributed by atoms with E-state index in [2.05, 4.69) is 83.1 Å². The number of methoxy groups -OCH3 is 1. The van der Waals surface area contributed by atoms with Gasteiger partial charge in [0.05, 0.1) is 20.3 Å². The van der Waals surface area contributed by atoms with Gasteiger partial charge in [-0.25, -0.2) is 9.59 Å². The molecule has 4 N–H and O–H groups in total. The van der Waals surface area contributed by atoms with Crippen molar-refractivity contribution >= 4 is 23.8 Å². The van der Waals surface area contributed by atoms with Gasteiger partial charge in [-0.3, -0.25) is 9.59 Å². The molecule has 0 aromatic carbocycles. The highest BCUT2D eigenvalue weighted by Crippen LogP contribution is 2.07. The van der Waals surface area contributed by atoms with Gasteiger partial charge in [-0.15, -0.1) is 0 Å². The molecule has 0 aliphatic heterocycles. The molecule has 0 rings (SSSR count). The summed E-state index contributed by atoms with van der Waals surface area (Å²) in [6.45, 7) is 1.33. The second-order valence-electron chi connectivity index (χ2n) is 10.1. The van der Waals surface area contributed by atoms with Gasteiger partial charge >= 0.3 is 11.9 Å². The van der Waals surface area contributed by atoms with Crippen molar-refractivity contribution in [3.8, 4) is 0 Å². The largest absolute Gasteiger partial charge is 0.466 e. The highest BCUT2D eigenvalue weighted by atomic mass is 16.6. The van der Waals surface area contributed by atoms with E-state index in [9.17, 15) is 29.4 Å². The Kier molecular flexibility index (Phi) is 28.3. The van der Waals surface area contributed by atoms with Crippen LogP contribution in [0.5, 0.6) is 0 Å². The fraction of sp³-hybridized carbons (Fsp3) is 0.500. The van der Waals surface area contributed by atoms with Crippen LogP contribution in [0.2, 0.25) is 0 Å². The van der Waals surface area contributed by atoms with Crippen molar-refractivity contribution in [2.24, 2.45) is 0 Å². The zero-order valence-corrected chi connectivity index (χ0v) is 27.5. The first-order valence-electron chi connectivity index (χ1n) is 16.0. The number of carbonyl (C=O) groups is 4. The zero-order chi connectivity index (χ0) is 34.1. The Balaban J connectivity index is 4.40. The molecule has 0 aliphatic carbocycles. The number of rotatable bonds is 26. The predicted octanol–water partition coefficient (Wildman–Crippen LogP) is 4.86. The summed E-state index contributed by atoms with van der Waals surface area (Å²) in [5.41, 5.74) is 0. The highest BCUT2D eigenvalue weighted by molar-refractivity contribution is 5.94. The summed E-state index contributed by atoms with van der Waals surface area (Å²) in [5.74, 6) is -2.18. The molecule has 0 saturated heterocycles. The molecule has 1 atom stereocenters. The van der Waals surface area contributed by atoms with Crippen LogP contribution in [0.25, 0.3) is 0 Å². The minimum Gasteiger partial charge on any atom is -0.466 e. The Morgan fingerprint density at radius 3 is 1.74 bits per heavy atom. The minimum absolute atomic E-state index is 0.179. The zero-order valence-electron chi connectivity index (χ0n) is 27.5. The number of aliphatic hydroxyl groups is 2. The van der Waals surface area contributed by atoms with E-state index in [1.165, 1.54) is 7.11 Å². The van der Waals surface area contributed by atoms with Gasteiger partial charge in [0.25, 0.3) is 0 Å². The molecule has 0 aromatic heterocycles. The Bertz CT molecular complexity index is 1050. The van der Waals surface area contributed by atoms with Crippen molar-refractivity contribution in [1.82, 2.24) is 10.6 Å². The fourth-order valence-electron chi connectivity index (χ4n) is 3.70. The van der Waals surface area contributed by atoms with E-state index in [1.807, 2.05) is 12.2 Å². The standard InChI is InChI=1S/C36H54N2O8/c1-3-4-5-6-7-8-9-10-11-12-13-14-15-16-17-18-19-20-21-25-34(42)38-32(36(44)46-31(29-39)30-40)24-22-23-28-37-33(41)26-27-35(43)45-2/h4-5,7-8,10-11,13-14,16-17,19-20,26-27,31-32,39-40H,3,6,9,12,15,18,21-25,28-30H2,1-2H3,(H,37,41)(H,38,42)/b5-4-,8-7-,11-10-,14-13-,17-16-,20-19-,27-26+/t32-/m0/s1. The summed E-state index contributed by atoms with van der Waals surface area (Å²) in [5, 5.41) is 23.8. The number of ether oxygens (including phenoxy) is 2. The quantitative estimate of drug-likeness (QED) is 0.0452. The van der Waals surface area contributed by atoms with Crippen molar-refractivity contribution in [1.29, 1.82) is 0 Å². The van der Waals surface area contributed by atoms with Crippen LogP contribution < -0.4 is 10.6 Å². The Labute approximate surface area is 274 Å². The molecule has 10 nitrogen and oxygen atoms in total. The minimum atomic E-state index is -1.08. The molecule has 0 bridgehead atoms. The van der Waals surface area contributed by atoms with Gasteiger partial charge < -0.3 is 30.3 Å². The molecule has 0 radical (unpaired) electrons. The number of hydrogen-bond acceptors (Lipinski definition) is 8. The number of carbonyl (C=O) groups excluding carboxylic acids is 4. The lowest BCUT2D eigenvalue weighted by Gasteiger charge is -2.20. The lowest BCUT2D eigenvalue weighted by Crippen LogP contribution is -2.44. The summed E-state index contributed by atoms with van der Waals surface area (Å²) in [4.78, 5) is 47.9. The second kappa shape index (κ2) is 31.0. The highest BCUT2D eigenvalue weighted by Gasteiger charge is 2.24. The third kappa shape index (κ3) is 26.4. The average molecular weight is 643 g/mol. The topological polar surface area (TPSA) is 151 Å².